The first-order valence-electron chi connectivity index (χ1n) is 4.89. The van der Waals surface area contributed by atoms with Crippen LogP contribution in [-0.4, -0.2) is 13.1 Å². The van der Waals surface area contributed by atoms with E-state index in [2.05, 4.69) is 13.2 Å². The van der Waals surface area contributed by atoms with Crippen LogP contribution in [0.1, 0.15) is 11.5 Å². The monoisotopic (exact) mass is 216 g/mol. The molecule has 1 unspecified atom stereocenters. The van der Waals surface area contributed by atoms with E-state index in [4.69, 9.17) is 9.47 Å². The van der Waals surface area contributed by atoms with E-state index in [1.54, 1.807) is 12.1 Å². The summed E-state index contributed by atoms with van der Waals surface area (Å²) in [4.78, 5) is 11.6. The number of methoxy groups -OCH3 is 1. The molecule has 0 aromatic heterocycles. The number of para-hydroxylation sites is 1. The van der Waals surface area contributed by atoms with Crippen LogP contribution in [0.3, 0.4) is 0 Å². The van der Waals surface area contributed by atoms with Crippen LogP contribution in [0.4, 0.5) is 0 Å². The fourth-order valence-electron chi connectivity index (χ4n) is 1.79. The minimum atomic E-state index is -0.429. The largest absolute Gasteiger partial charge is 0.493 e. The van der Waals surface area contributed by atoms with E-state index in [0.29, 0.717) is 17.1 Å². The molecule has 0 spiro atoms. The van der Waals surface area contributed by atoms with Gasteiger partial charge >= 0.3 is 5.97 Å². The molecule has 1 atom stereocenters. The van der Waals surface area contributed by atoms with Gasteiger partial charge in [0.2, 0.25) is 0 Å². The summed E-state index contributed by atoms with van der Waals surface area (Å²) >= 11 is 0. The predicted molar refractivity (Wildman–Crippen MR) is 60.7 cm³/mol. The number of rotatable bonds is 2. The molecule has 82 valence electrons. The highest BCUT2D eigenvalue weighted by Crippen LogP contribution is 2.42. The third kappa shape index (κ3) is 1.41. The molecule has 3 nitrogen and oxygen atoms in total. The van der Waals surface area contributed by atoms with Crippen molar-refractivity contribution in [3.05, 3.63) is 48.6 Å². The number of esters is 1. The molecule has 0 saturated carbocycles. The van der Waals surface area contributed by atoms with Gasteiger partial charge < -0.3 is 9.47 Å². The molecule has 1 aliphatic rings. The second-order valence-electron chi connectivity index (χ2n) is 3.51. The van der Waals surface area contributed by atoms with Gasteiger partial charge in [-0.3, -0.25) is 0 Å². The lowest BCUT2D eigenvalue weighted by Gasteiger charge is -2.25. The number of fused-ring (bicyclic) bond motifs is 1. The van der Waals surface area contributed by atoms with E-state index in [9.17, 15) is 4.79 Å². The standard InChI is InChI=1S/C13H12O3/c1-4-9-8(2)13(14)16-12-10(9)6-5-7-11(12)15-3/h4-7,9H,1-2H2,3H3. The number of ether oxygens (including phenoxy) is 2. The Hall–Kier alpha value is -2.03. The average molecular weight is 216 g/mol. The second-order valence-corrected chi connectivity index (χ2v) is 3.51. The van der Waals surface area contributed by atoms with E-state index in [-0.39, 0.29) is 5.92 Å². The zero-order valence-electron chi connectivity index (χ0n) is 9.03. The first kappa shape index (κ1) is 10.5. The molecule has 0 aliphatic carbocycles. The summed E-state index contributed by atoms with van der Waals surface area (Å²) in [5.74, 6) is 0.380. The van der Waals surface area contributed by atoms with Crippen molar-refractivity contribution in [1.82, 2.24) is 0 Å². The van der Waals surface area contributed by atoms with Crippen LogP contribution in [0, 0.1) is 0 Å². The Kier molecular flexibility index (Phi) is 2.52. The van der Waals surface area contributed by atoms with Crippen LogP contribution < -0.4 is 9.47 Å². The lowest BCUT2D eigenvalue weighted by atomic mass is 9.89. The van der Waals surface area contributed by atoms with E-state index in [1.165, 1.54) is 7.11 Å². The summed E-state index contributed by atoms with van der Waals surface area (Å²) in [6.45, 7) is 7.43. The van der Waals surface area contributed by atoms with Crippen LogP contribution in [0.25, 0.3) is 0 Å². The van der Waals surface area contributed by atoms with Gasteiger partial charge in [0.1, 0.15) is 0 Å². The van der Waals surface area contributed by atoms with Crippen molar-refractivity contribution in [3.63, 3.8) is 0 Å². The molecule has 1 aliphatic heterocycles. The topological polar surface area (TPSA) is 35.5 Å². The van der Waals surface area contributed by atoms with E-state index < -0.39 is 5.97 Å². The number of hydrogen-bond donors (Lipinski definition) is 0. The average Bonchev–Trinajstić information content (AvgIpc) is 2.30. The van der Waals surface area contributed by atoms with Gasteiger partial charge in [-0.05, 0) is 6.07 Å². The first-order chi connectivity index (χ1) is 7.69. The van der Waals surface area contributed by atoms with Crippen molar-refractivity contribution in [3.8, 4) is 11.5 Å². The van der Waals surface area contributed by atoms with E-state index >= 15 is 0 Å². The first-order valence-corrected chi connectivity index (χ1v) is 4.89. The Bertz CT molecular complexity index is 474. The van der Waals surface area contributed by atoms with Crippen LogP contribution >= 0.6 is 0 Å². The summed E-state index contributed by atoms with van der Waals surface area (Å²) in [5, 5.41) is 0. The van der Waals surface area contributed by atoms with Crippen molar-refractivity contribution in [2.75, 3.05) is 7.11 Å². The quantitative estimate of drug-likeness (QED) is 0.329. The lowest BCUT2D eigenvalue weighted by molar-refractivity contribution is -0.131. The number of benzene rings is 1. The smallest absolute Gasteiger partial charge is 0.339 e. The van der Waals surface area contributed by atoms with Gasteiger partial charge in [0.25, 0.3) is 0 Å². The molecule has 1 aromatic rings. The Morgan fingerprint density at radius 2 is 2.25 bits per heavy atom. The maximum atomic E-state index is 11.6. The molecule has 2 rings (SSSR count). The highest BCUT2D eigenvalue weighted by Gasteiger charge is 2.30. The molecular formula is C13H12O3. The van der Waals surface area contributed by atoms with Gasteiger partial charge in [0.15, 0.2) is 11.5 Å². The van der Waals surface area contributed by atoms with Crippen molar-refractivity contribution < 1.29 is 14.3 Å². The third-order valence-electron chi connectivity index (χ3n) is 2.63. The Balaban J connectivity index is 2.62. The van der Waals surface area contributed by atoms with Gasteiger partial charge in [0, 0.05) is 17.1 Å². The highest BCUT2D eigenvalue weighted by molar-refractivity contribution is 5.94. The molecular weight excluding hydrogens is 204 g/mol. The second kappa shape index (κ2) is 3.85. The summed E-state index contributed by atoms with van der Waals surface area (Å²) in [6.07, 6.45) is 1.68. The third-order valence-corrected chi connectivity index (χ3v) is 2.63. The Morgan fingerprint density at radius 3 is 2.88 bits per heavy atom. The van der Waals surface area contributed by atoms with Crippen LogP contribution in [0.5, 0.6) is 11.5 Å². The molecule has 16 heavy (non-hydrogen) atoms. The molecule has 1 heterocycles. The van der Waals surface area contributed by atoms with E-state index in [1.807, 2.05) is 12.1 Å². The van der Waals surface area contributed by atoms with Crippen LogP contribution in [0.15, 0.2) is 43.0 Å². The number of carbonyl (C=O) groups excluding carboxylic acids is 1. The summed E-state index contributed by atoms with van der Waals surface area (Å²) in [7, 11) is 1.54. The fourth-order valence-corrected chi connectivity index (χ4v) is 1.79. The lowest BCUT2D eigenvalue weighted by Crippen LogP contribution is -2.22. The maximum Gasteiger partial charge on any atom is 0.339 e. The van der Waals surface area contributed by atoms with Gasteiger partial charge in [0.05, 0.1) is 7.11 Å². The van der Waals surface area contributed by atoms with Crippen LogP contribution in [-0.2, 0) is 4.79 Å². The van der Waals surface area contributed by atoms with Crippen LogP contribution in [0.2, 0.25) is 0 Å². The van der Waals surface area contributed by atoms with Crippen molar-refractivity contribution in [2.24, 2.45) is 0 Å². The minimum Gasteiger partial charge on any atom is -0.493 e. The van der Waals surface area contributed by atoms with Crippen molar-refractivity contribution in [2.45, 2.75) is 5.92 Å². The summed E-state index contributed by atoms with van der Waals surface area (Å²) in [6, 6.07) is 5.47. The molecule has 0 bridgehead atoms. The van der Waals surface area contributed by atoms with Gasteiger partial charge in [-0.2, -0.15) is 0 Å². The molecule has 0 amide bonds. The molecule has 1 aromatic carbocycles. The number of allylic oxidation sites excluding steroid dienone is 1. The predicted octanol–water partition coefficient (Wildman–Crippen LogP) is 2.44. The Labute approximate surface area is 94.0 Å². The van der Waals surface area contributed by atoms with Crippen molar-refractivity contribution in [1.29, 1.82) is 0 Å². The van der Waals surface area contributed by atoms with Gasteiger partial charge in [-0.25, -0.2) is 4.79 Å². The zero-order valence-corrected chi connectivity index (χ0v) is 9.03. The molecule has 3 heteroatoms. The number of carbonyl (C=O) groups is 1. The minimum absolute atomic E-state index is 0.202. The van der Waals surface area contributed by atoms with Gasteiger partial charge in [-0.1, -0.05) is 24.8 Å². The molecule has 0 radical (unpaired) electrons. The zero-order chi connectivity index (χ0) is 11.7. The fraction of sp³-hybridized carbons (Fsp3) is 0.154. The summed E-state index contributed by atoms with van der Waals surface area (Å²) < 4.78 is 10.3. The Morgan fingerprint density at radius 1 is 1.50 bits per heavy atom. The number of hydrogen-bond acceptors (Lipinski definition) is 3. The maximum absolute atomic E-state index is 11.6. The normalized spacial score (nSPS) is 18.7. The molecule has 0 fully saturated rings. The molecule has 0 saturated heterocycles. The molecule has 0 N–H and O–H groups in total. The summed E-state index contributed by atoms with van der Waals surface area (Å²) in [5.41, 5.74) is 1.26. The van der Waals surface area contributed by atoms with Crippen molar-refractivity contribution >= 4 is 5.97 Å². The van der Waals surface area contributed by atoms with E-state index in [0.717, 1.165) is 5.56 Å². The highest BCUT2D eigenvalue weighted by atomic mass is 16.6. The SMILES string of the molecule is C=CC1C(=C)C(=O)Oc2c(OC)cccc21. The van der Waals surface area contributed by atoms with Gasteiger partial charge in [-0.15, -0.1) is 6.58 Å².